The van der Waals surface area contributed by atoms with Crippen LogP contribution in [0, 0.1) is 0 Å². The van der Waals surface area contributed by atoms with Crippen molar-refractivity contribution in [3.8, 4) is 5.75 Å². The summed E-state index contributed by atoms with van der Waals surface area (Å²) in [5, 5.41) is 6.07. The summed E-state index contributed by atoms with van der Waals surface area (Å²) in [7, 11) is 0. The van der Waals surface area contributed by atoms with Crippen LogP contribution in [0.15, 0.2) is 72.6 Å². The largest absolute Gasteiger partial charge is 0.449 e. The first-order valence-corrected chi connectivity index (χ1v) is 9.25. The van der Waals surface area contributed by atoms with E-state index in [-0.39, 0.29) is 11.7 Å². The minimum Gasteiger partial charge on any atom is -0.449 e. The molecule has 0 bridgehead atoms. The van der Waals surface area contributed by atoms with Crippen molar-refractivity contribution in [3.63, 3.8) is 0 Å². The van der Waals surface area contributed by atoms with Crippen molar-refractivity contribution in [3.05, 3.63) is 94.5 Å². The fraction of sp³-hybridized carbons (Fsp3) is 0.0455. The van der Waals surface area contributed by atoms with Crippen molar-refractivity contribution in [2.45, 2.75) is 6.54 Å². The van der Waals surface area contributed by atoms with Gasteiger partial charge >= 0.3 is 0 Å². The van der Waals surface area contributed by atoms with Crippen LogP contribution in [0.4, 0.5) is 5.69 Å². The van der Waals surface area contributed by atoms with Crippen molar-refractivity contribution >= 4 is 35.2 Å². The summed E-state index contributed by atoms with van der Waals surface area (Å²) in [5.41, 5.74) is 2.26. The summed E-state index contributed by atoms with van der Waals surface area (Å²) in [6.45, 7) is 0.310. The first kappa shape index (κ1) is 18.7. The number of pyridine rings is 1. The molecule has 0 saturated heterocycles. The van der Waals surface area contributed by atoms with Crippen LogP contribution in [0.1, 0.15) is 21.6 Å². The van der Waals surface area contributed by atoms with Gasteiger partial charge in [0.15, 0.2) is 11.5 Å². The van der Waals surface area contributed by atoms with Crippen LogP contribution in [0.2, 0.25) is 5.02 Å². The predicted molar refractivity (Wildman–Crippen MR) is 111 cm³/mol. The highest BCUT2D eigenvalue weighted by atomic mass is 35.5. The average Bonchev–Trinajstić information content (AvgIpc) is 2.74. The zero-order valence-electron chi connectivity index (χ0n) is 15.2. The molecule has 6 nitrogen and oxygen atoms in total. The Labute approximate surface area is 172 Å². The number of hydrogen-bond donors (Lipinski definition) is 2. The normalized spacial score (nSPS) is 14.0. The number of halogens is 1. The van der Waals surface area contributed by atoms with Crippen molar-refractivity contribution in [2.75, 3.05) is 5.32 Å². The van der Waals surface area contributed by atoms with Gasteiger partial charge in [0.2, 0.25) is 0 Å². The maximum Gasteiger partial charge on any atom is 0.291 e. The molecule has 0 unspecified atom stereocenters. The van der Waals surface area contributed by atoms with Crippen molar-refractivity contribution in [1.82, 2.24) is 10.3 Å². The second kappa shape index (κ2) is 8.16. The molecular formula is C22H16ClN3O3. The number of fused-ring (bicyclic) bond motifs is 1. The van der Waals surface area contributed by atoms with Gasteiger partial charge < -0.3 is 15.4 Å². The Morgan fingerprint density at radius 1 is 1.14 bits per heavy atom. The van der Waals surface area contributed by atoms with E-state index >= 15 is 0 Å². The van der Waals surface area contributed by atoms with Gasteiger partial charge in [0.1, 0.15) is 0 Å². The van der Waals surface area contributed by atoms with Gasteiger partial charge in [-0.15, -0.1) is 0 Å². The Hall–Kier alpha value is -3.64. The molecule has 144 valence electrons. The monoisotopic (exact) mass is 405 g/mol. The molecular weight excluding hydrogens is 390 g/mol. The summed E-state index contributed by atoms with van der Waals surface area (Å²) in [6, 6.07) is 17.5. The predicted octanol–water partition coefficient (Wildman–Crippen LogP) is 4.04. The fourth-order valence-corrected chi connectivity index (χ4v) is 3.00. The minimum absolute atomic E-state index is 0.123. The summed E-state index contributed by atoms with van der Waals surface area (Å²) >= 11 is 6.14. The molecule has 2 amide bonds. The van der Waals surface area contributed by atoms with E-state index in [0.717, 1.165) is 5.69 Å². The highest BCUT2D eigenvalue weighted by Crippen LogP contribution is 2.33. The van der Waals surface area contributed by atoms with Crippen LogP contribution >= 0.6 is 11.6 Å². The van der Waals surface area contributed by atoms with Gasteiger partial charge in [0.25, 0.3) is 11.8 Å². The molecule has 0 atom stereocenters. The molecule has 0 fully saturated rings. The molecule has 1 aliphatic rings. The number of nitrogens with one attached hydrogen (secondary N) is 2. The third-order valence-corrected chi connectivity index (χ3v) is 4.63. The third kappa shape index (κ3) is 4.28. The first-order chi connectivity index (χ1) is 14.1. The summed E-state index contributed by atoms with van der Waals surface area (Å²) in [5.74, 6) is -0.115. The van der Waals surface area contributed by atoms with E-state index < -0.39 is 5.91 Å². The Balaban J connectivity index is 1.50. The molecule has 0 saturated carbocycles. The van der Waals surface area contributed by atoms with E-state index in [2.05, 4.69) is 15.6 Å². The second-order valence-corrected chi connectivity index (χ2v) is 6.71. The Kier molecular flexibility index (Phi) is 5.27. The lowest BCUT2D eigenvalue weighted by molar-refractivity contribution is -0.115. The van der Waals surface area contributed by atoms with E-state index in [1.807, 2.05) is 30.3 Å². The number of carbonyl (C=O) groups is 2. The van der Waals surface area contributed by atoms with Crippen molar-refractivity contribution < 1.29 is 14.3 Å². The standard InChI is InChI=1S/C22H16ClN3O3/c23-17-7-2-1-5-14(17)12-20-22(28)26-18-11-15(8-9-19(18)29-20)21(27)25-13-16-6-3-4-10-24-16/h1-12H,13H2,(H,25,27)(H,26,28)/b20-12-. The van der Waals surface area contributed by atoms with Gasteiger partial charge in [-0.2, -0.15) is 0 Å². The summed E-state index contributed by atoms with van der Waals surface area (Å²) < 4.78 is 5.72. The number of hydrogen-bond acceptors (Lipinski definition) is 4. The van der Waals surface area contributed by atoms with Crippen LogP contribution in [0.5, 0.6) is 5.75 Å². The van der Waals surface area contributed by atoms with E-state index in [4.69, 9.17) is 16.3 Å². The molecule has 29 heavy (non-hydrogen) atoms. The lowest BCUT2D eigenvalue weighted by Gasteiger charge is -2.20. The van der Waals surface area contributed by atoms with Crippen LogP contribution in [0.3, 0.4) is 0 Å². The Morgan fingerprint density at radius 3 is 2.76 bits per heavy atom. The van der Waals surface area contributed by atoms with Crippen LogP contribution in [-0.4, -0.2) is 16.8 Å². The number of carbonyl (C=O) groups excluding carboxylic acids is 2. The quantitative estimate of drug-likeness (QED) is 0.642. The van der Waals surface area contributed by atoms with Gasteiger partial charge in [-0.05, 0) is 48.0 Å². The van der Waals surface area contributed by atoms with Gasteiger partial charge in [0, 0.05) is 16.8 Å². The van der Waals surface area contributed by atoms with E-state index in [0.29, 0.717) is 34.1 Å². The zero-order chi connectivity index (χ0) is 20.2. The van der Waals surface area contributed by atoms with Crippen LogP contribution in [0.25, 0.3) is 6.08 Å². The molecule has 2 N–H and O–H groups in total. The van der Waals surface area contributed by atoms with Crippen LogP contribution in [-0.2, 0) is 11.3 Å². The van der Waals surface area contributed by atoms with E-state index in [1.165, 1.54) is 0 Å². The van der Waals surface area contributed by atoms with Crippen molar-refractivity contribution in [1.29, 1.82) is 0 Å². The minimum atomic E-state index is -0.413. The molecule has 2 aromatic carbocycles. The molecule has 1 aliphatic heterocycles. The lowest BCUT2D eigenvalue weighted by Crippen LogP contribution is -2.26. The molecule has 2 heterocycles. The third-order valence-electron chi connectivity index (χ3n) is 4.28. The van der Waals surface area contributed by atoms with Gasteiger partial charge in [-0.25, -0.2) is 0 Å². The molecule has 0 aliphatic carbocycles. The fourth-order valence-electron chi connectivity index (χ4n) is 2.81. The van der Waals surface area contributed by atoms with E-state index in [9.17, 15) is 9.59 Å². The molecule has 4 rings (SSSR count). The number of nitrogens with zero attached hydrogens (tertiary/aromatic N) is 1. The number of benzene rings is 2. The molecule has 1 aromatic heterocycles. The smallest absolute Gasteiger partial charge is 0.291 e. The topological polar surface area (TPSA) is 80.3 Å². The number of aromatic nitrogens is 1. The first-order valence-electron chi connectivity index (χ1n) is 8.88. The SMILES string of the molecule is O=C1Nc2cc(C(=O)NCc3ccccn3)ccc2O/C1=C\c1ccccc1Cl. The summed E-state index contributed by atoms with van der Waals surface area (Å²) in [4.78, 5) is 29.0. The maximum atomic E-state index is 12.4. The average molecular weight is 406 g/mol. The number of anilines is 1. The van der Waals surface area contributed by atoms with E-state index in [1.54, 1.807) is 42.6 Å². The number of ether oxygens (including phenoxy) is 1. The van der Waals surface area contributed by atoms with Crippen LogP contribution < -0.4 is 15.4 Å². The summed E-state index contributed by atoms with van der Waals surface area (Å²) in [6.07, 6.45) is 3.25. The highest BCUT2D eigenvalue weighted by Gasteiger charge is 2.23. The Morgan fingerprint density at radius 2 is 1.97 bits per heavy atom. The van der Waals surface area contributed by atoms with Gasteiger partial charge in [0.05, 0.1) is 17.9 Å². The molecule has 0 radical (unpaired) electrons. The molecule has 7 heteroatoms. The van der Waals surface area contributed by atoms with Gasteiger partial charge in [-0.1, -0.05) is 35.9 Å². The van der Waals surface area contributed by atoms with Crippen molar-refractivity contribution in [2.24, 2.45) is 0 Å². The number of amides is 2. The molecule has 0 spiro atoms. The molecule has 3 aromatic rings. The maximum absolute atomic E-state index is 12.4. The second-order valence-electron chi connectivity index (χ2n) is 6.30. The Bertz CT molecular complexity index is 1110. The number of rotatable bonds is 4. The van der Waals surface area contributed by atoms with Gasteiger partial charge in [-0.3, -0.25) is 14.6 Å². The lowest BCUT2D eigenvalue weighted by atomic mass is 10.1. The highest BCUT2D eigenvalue weighted by molar-refractivity contribution is 6.32. The zero-order valence-corrected chi connectivity index (χ0v) is 15.9.